The number of unbranched alkanes of at least 4 members (excludes halogenated alkanes) is 2. The summed E-state index contributed by atoms with van der Waals surface area (Å²) in [6, 6.07) is 7.88. The fourth-order valence-electron chi connectivity index (χ4n) is 1.67. The minimum absolute atomic E-state index is 0.0797. The zero-order valence-electron chi connectivity index (χ0n) is 11.1. The van der Waals surface area contributed by atoms with Gasteiger partial charge in [0.2, 0.25) is 5.91 Å². The van der Waals surface area contributed by atoms with Crippen LogP contribution in [0.15, 0.2) is 30.3 Å². The molecule has 0 saturated heterocycles. The lowest BCUT2D eigenvalue weighted by atomic mass is 10.1. The summed E-state index contributed by atoms with van der Waals surface area (Å²) in [5, 5.41) is 2.95. The Kier molecular flexibility index (Phi) is 6.85. The Morgan fingerprint density at radius 1 is 1.39 bits per heavy atom. The van der Waals surface area contributed by atoms with Gasteiger partial charge in [-0.15, -0.1) is 0 Å². The highest BCUT2D eigenvalue weighted by Crippen LogP contribution is 2.17. The van der Waals surface area contributed by atoms with Gasteiger partial charge in [0.15, 0.2) is 0 Å². The fraction of sp³-hybridized carbons (Fsp3) is 0.375. The van der Waals surface area contributed by atoms with Gasteiger partial charge in [-0.2, -0.15) is 0 Å². The summed E-state index contributed by atoms with van der Waals surface area (Å²) in [4.78, 5) is 11.6. The predicted molar refractivity (Wildman–Crippen MR) is 78.2 cm³/mol. The van der Waals surface area contributed by atoms with Gasteiger partial charge in [0.25, 0.3) is 0 Å². The molecule has 0 spiro atoms. The van der Waals surface area contributed by atoms with Crippen molar-refractivity contribution in [2.24, 2.45) is 0 Å². The smallest absolute Gasteiger partial charge is 0.224 e. The van der Waals surface area contributed by atoms with E-state index in [1.54, 1.807) is 0 Å². The monoisotopic (exact) mass is 244 g/mol. The largest absolute Gasteiger partial charge is 0.326 e. The van der Waals surface area contributed by atoms with E-state index in [1.807, 2.05) is 31.2 Å². The molecule has 1 radical (unpaired) electrons. The summed E-state index contributed by atoms with van der Waals surface area (Å²) >= 11 is 0. The molecule has 18 heavy (non-hydrogen) atoms. The average Bonchev–Trinajstić information content (AvgIpc) is 2.37. The van der Waals surface area contributed by atoms with Crippen molar-refractivity contribution in [2.45, 2.75) is 39.0 Å². The molecule has 0 aromatic heterocycles. The maximum Gasteiger partial charge on any atom is 0.224 e. The zero-order valence-corrected chi connectivity index (χ0v) is 11.1. The summed E-state index contributed by atoms with van der Waals surface area (Å²) in [7, 11) is 0. The molecule has 1 aromatic carbocycles. The summed E-state index contributed by atoms with van der Waals surface area (Å²) in [5.74, 6) is 0.0797. The van der Waals surface area contributed by atoms with Crippen LogP contribution < -0.4 is 5.32 Å². The van der Waals surface area contributed by atoms with E-state index in [0.29, 0.717) is 6.42 Å². The lowest BCUT2D eigenvalue weighted by molar-refractivity contribution is -0.116. The van der Waals surface area contributed by atoms with E-state index in [4.69, 9.17) is 0 Å². The van der Waals surface area contributed by atoms with Crippen LogP contribution in [0.25, 0.3) is 6.08 Å². The summed E-state index contributed by atoms with van der Waals surface area (Å²) in [6.45, 7) is 5.82. The van der Waals surface area contributed by atoms with Crippen LogP contribution in [-0.4, -0.2) is 5.91 Å². The summed E-state index contributed by atoms with van der Waals surface area (Å²) in [6.07, 6.45) is 8.72. The van der Waals surface area contributed by atoms with Gasteiger partial charge in [0.1, 0.15) is 0 Å². The maximum absolute atomic E-state index is 11.6. The van der Waals surface area contributed by atoms with Crippen LogP contribution in [0.2, 0.25) is 0 Å². The molecule has 0 fully saturated rings. The van der Waals surface area contributed by atoms with Gasteiger partial charge in [-0.3, -0.25) is 4.79 Å². The second-order valence-electron chi connectivity index (χ2n) is 4.28. The molecule has 97 valence electrons. The molecule has 0 aliphatic heterocycles. The minimum Gasteiger partial charge on any atom is -0.326 e. The van der Waals surface area contributed by atoms with E-state index < -0.39 is 0 Å². The Bertz CT molecular complexity index is 396. The van der Waals surface area contributed by atoms with Crippen LogP contribution >= 0.6 is 0 Å². The van der Waals surface area contributed by atoms with Crippen molar-refractivity contribution >= 4 is 17.7 Å². The van der Waals surface area contributed by atoms with Crippen molar-refractivity contribution in [1.29, 1.82) is 0 Å². The Balaban J connectivity index is 2.67. The molecule has 0 atom stereocenters. The molecule has 0 aliphatic rings. The van der Waals surface area contributed by atoms with E-state index in [-0.39, 0.29) is 5.91 Å². The third kappa shape index (κ3) is 5.17. The van der Waals surface area contributed by atoms with Crippen LogP contribution in [-0.2, 0) is 4.79 Å². The Morgan fingerprint density at radius 2 is 2.17 bits per heavy atom. The topological polar surface area (TPSA) is 29.1 Å². The maximum atomic E-state index is 11.6. The third-order valence-corrected chi connectivity index (χ3v) is 2.63. The molecule has 1 amide bonds. The summed E-state index contributed by atoms with van der Waals surface area (Å²) < 4.78 is 0. The molecule has 1 rings (SSSR count). The number of amides is 1. The summed E-state index contributed by atoms with van der Waals surface area (Å²) in [5.41, 5.74) is 1.95. The molecule has 1 aromatic rings. The zero-order chi connectivity index (χ0) is 13.2. The number of anilines is 1. The quantitative estimate of drug-likeness (QED) is 0.706. The van der Waals surface area contributed by atoms with Gasteiger partial charge in [0, 0.05) is 12.1 Å². The first kappa shape index (κ1) is 14.5. The first-order chi connectivity index (χ1) is 8.77. The van der Waals surface area contributed by atoms with Crippen molar-refractivity contribution in [3.63, 3.8) is 0 Å². The average molecular weight is 244 g/mol. The van der Waals surface area contributed by atoms with Crippen molar-refractivity contribution in [3.8, 4) is 0 Å². The molecule has 1 N–H and O–H groups in total. The molecular weight excluding hydrogens is 222 g/mol. The lowest BCUT2D eigenvalue weighted by Crippen LogP contribution is -2.11. The minimum atomic E-state index is 0.0797. The number of carbonyl (C=O) groups excluding carboxylic acids is 1. The molecular formula is C16H22NO. The van der Waals surface area contributed by atoms with Crippen LogP contribution in [0.3, 0.4) is 0 Å². The Morgan fingerprint density at radius 3 is 2.89 bits per heavy atom. The number of rotatable bonds is 7. The molecule has 0 heterocycles. The second kappa shape index (κ2) is 8.51. The van der Waals surface area contributed by atoms with Gasteiger partial charge in [-0.25, -0.2) is 0 Å². The Hall–Kier alpha value is -1.57. The number of carbonyl (C=O) groups is 1. The first-order valence-electron chi connectivity index (χ1n) is 6.62. The third-order valence-electron chi connectivity index (χ3n) is 2.63. The molecule has 2 heteroatoms. The molecule has 0 unspecified atom stereocenters. The highest BCUT2D eigenvalue weighted by Gasteiger charge is 2.03. The van der Waals surface area contributed by atoms with Crippen molar-refractivity contribution < 1.29 is 4.79 Å². The second-order valence-corrected chi connectivity index (χ2v) is 4.28. The van der Waals surface area contributed by atoms with Crippen LogP contribution in [0.1, 0.15) is 44.6 Å². The number of para-hydroxylation sites is 1. The molecule has 0 saturated carbocycles. The SMILES string of the molecule is [CH2]CCCC=Cc1ccccc1NC(=O)CCC. The number of hydrogen-bond donors (Lipinski definition) is 1. The van der Waals surface area contributed by atoms with Gasteiger partial charge in [-0.05, 0) is 30.9 Å². The van der Waals surface area contributed by atoms with E-state index in [9.17, 15) is 4.79 Å². The molecule has 0 aliphatic carbocycles. The van der Waals surface area contributed by atoms with Gasteiger partial charge >= 0.3 is 0 Å². The van der Waals surface area contributed by atoms with Crippen LogP contribution in [0, 0.1) is 6.92 Å². The van der Waals surface area contributed by atoms with E-state index in [0.717, 1.165) is 36.9 Å². The van der Waals surface area contributed by atoms with Crippen LogP contribution in [0.5, 0.6) is 0 Å². The van der Waals surface area contributed by atoms with E-state index in [1.165, 1.54) is 0 Å². The molecule has 0 bridgehead atoms. The van der Waals surface area contributed by atoms with Gasteiger partial charge in [0.05, 0.1) is 0 Å². The number of nitrogens with one attached hydrogen (secondary N) is 1. The highest BCUT2D eigenvalue weighted by molar-refractivity contribution is 5.92. The number of hydrogen-bond acceptors (Lipinski definition) is 1. The normalized spacial score (nSPS) is 10.8. The Labute approximate surface area is 110 Å². The standard InChI is InChI=1S/C16H22NO/c1-3-5-6-7-11-14-12-8-9-13-15(14)17-16(18)10-4-2/h7-9,11-13H,1,3-6,10H2,2H3,(H,17,18). The number of benzene rings is 1. The first-order valence-corrected chi connectivity index (χ1v) is 6.62. The number of allylic oxidation sites excluding steroid dienone is 1. The molecule has 2 nitrogen and oxygen atoms in total. The predicted octanol–water partition coefficient (Wildman–Crippen LogP) is 4.44. The van der Waals surface area contributed by atoms with Crippen LogP contribution in [0.4, 0.5) is 5.69 Å². The van der Waals surface area contributed by atoms with E-state index in [2.05, 4.69) is 24.4 Å². The highest BCUT2D eigenvalue weighted by atomic mass is 16.1. The van der Waals surface area contributed by atoms with Crippen molar-refractivity contribution in [1.82, 2.24) is 0 Å². The van der Waals surface area contributed by atoms with Crippen molar-refractivity contribution in [2.75, 3.05) is 5.32 Å². The van der Waals surface area contributed by atoms with Gasteiger partial charge in [-0.1, -0.05) is 50.6 Å². The lowest BCUT2D eigenvalue weighted by Gasteiger charge is -2.07. The van der Waals surface area contributed by atoms with Gasteiger partial charge < -0.3 is 5.32 Å². The fourth-order valence-corrected chi connectivity index (χ4v) is 1.67. The van der Waals surface area contributed by atoms with E-state index >= 15 is 0 Å². The van der Waals surface area contributed by atoms with Crippen molar-refractivity contribution in [3.05, 3.63) is 42.8 Å².